The number of nitrogens with zero attached hydrogens (tertiary/aromatic N) is 2. The Labute approximate surface area is 130 Å². The molecule has 0 aliphatic heterocycles. The molecule has 0 heterocycles. The molecule has 0 saturated heterocycles. The number of carbonyl (C=O) groups is 1. The minimum Gasteiger partial charge on any atom is -0.438 e. The maximum absolute atomic E-state index is 11.2. The number of ether oxygens (including phenoxy) is 1. The van der Waals surface area contributed by atoms with Gasteiger partial charge in [0.2, 0.25) is 6.23 Å². The van der Waals surface area contributed by atoms with E-state index in [9.17, 15) is 4.79 Å². The van der Waals surface area contributed by atoms with E-state index in [0.29, 0.717) is 6.42 Å². The summed E-state index contributed by atoms with van der Waals surface area (Å²) in [6, 6.07) is 15.8. The zero-order chi connectivity index (χ0) is 15.9. The van der Waals surface area contributed by atoms with E-state index in [1.807, 2.05) is 62.4 Å². The van der Waals surface area contributed by atoms with E-state index in [1.165, 1.54) is 12.5 Å². The molecule has 0 amide bonds. The van der Waals surface area contributed by atoms with Gasteiger partial charge in [-0.1, -0.05) is 47.5 Å². The van der Waals surface area contributed by atoms with E-state index >= 15 is 0 Å². The average Bonchev–Trinajstić information content (AvgIpc) is 2.48. The maximum Gasteiger partial charge on any atom is 0.304 e. The topological polar surface area (TPSA) is 51.0 Å². The summed E-state index contributed by atoms with van der Waals surface area (Å²) >= 11 is 0. The third kappa shape index (κ3) is 5.13. The molecule has 4 nitrogen and oxygen atoms in total. The molecule has 0 bridgehead atoms. The van der Waals surface area contributed by atoms with Crippen molar-refractivity contribution in [1.82, 2.24) is 0 Å². The molecule has 0 radical (unpaired) electrons. The molecule has 1 unspecified atom stereocenters. The Morgan fingerprint density at radius 1 is 1.00 bits per heavy atom. The van der Waals surface area contributed by atoms with Crippen molar-refractivity contribution in [2.45, 2.75) is 33.4 Å². The van der Waals surface area contributed by atoms with Gasteiger partial charge in [-0.15, -0.1) is 5.11 Å². The van der Waals surface area contributed by atoms with Crippen LogP contribution in [0.2, 0.25) is 0 Å². The van der Waals surface area contributed by atoms with Gasteiger partial charge in [0, 0.05) is 13.3 Å². The fourth-order valence-corrected chi connectivity index (χ4v) is 1.97. The molecule has 0 N–H and O–H groups in total. The van der Waals surface area contributed by atoms with Crippen LogP contribution in [-0.2, 0) is 16.0 Å². The fraction of sp³-hybridized carbons (Fsp3) is 0.278. The Morgan fingerprint density at radius 3 is 2.09 bits per heavy atom. The summed E-state index contributed by atoms with van der Waals surface area (Å²) in [5.41, 5.74) is 4.15. The monoisotopic (exact) mass is 296 g/mol. The lowest BCUT2D eigenvalue weighted by Gasteiger charge is -2.11. The summed E-state index contributed by atoms with van der Waals surface area (Å²) in [6.45, 7) is 5.42. The van der Waals surface area contributed by atoms with Crippen LogP contribution in [0, 0.1) is 13.8 Å². The molecule has 0 aliphatic carbocycles. The van der Waals surface area contributed by atoms with Gasteiger partial charge in [0.15, 0.2) is 0 Å². The molecule has 0 aromatic heterocycles. The highest BCUT2D eigenvalue weighted by Gasteiger charge is 2.11. The molecular weight excluding hydrogens is 276 g/mol. The molecule has 2 rings (SSSR count). The summed E-state index contributed by atoms with van der Waals surface area (Å²) in [7, 11) is 0. The highest BCUT2D eigenvalue weighted by atomic mass is 16.6. The molecule has 22 heavy (non-hydrogen) atoms. The summed E-state index contributed by atoms with van der Waals surface area (Å²) < 4.78 is 5.23. The van der Waals surface area contributed by atoms with Gasteiger partial charge in [-0.2, -0.15) is 5.11 Å². The van der Waals surface area contributed by atoms with Crippen molar-refractivity contribution in [1.29, 1.82) is 0 Å². The lowest BCUT2D eigenvalue weighted by molar-refractivity contribution is -0.146. The SMILES string of the molecule is CC(=O)OC(Cc1ccc(C)cc1)N=Nc1ccc(C)cc1. The van der Waals surface area contributed by atoms with E-state index in [-0.39, 0.29) is 5.97 Å². The number of hydrogen-bond acceptors (Lipinski definition) is 4. The number of aryl methyl sites for hydroxylation is 2. The van der Waals surface area contributed by atoms with Gasteiger partial charge in [-0.05, 0) is 31.5 Å². The lowest BCUT2D eigenvalue weighted by atomic mass is 10.1. The number of azo groups is 1. The van der Waals surface area contributed by atoms with Crippen LogP contribution in [0.4, 0.5) is 5.69 Å². The predicted octanol–water partition coefficient (Wildman–Crippen LogP) is 4.52. The molecule has 0 fully saturated rings. The molecule has 4 heteroatoms. The lowest BCUT2D eigenvalue weighted by Crippen LogP contribution is -2.16. The minimum absolute atomic E-state index is 0.361. The van der Waals surface area contributed by atoms with E-state index in [4.69, 9.17) is 4.74 Å². The number of hydrogen-bond donors (Lipinski definition) is 0. The second-order valence-corrected chi connectivity index (χ2v) is 5.30. The number of carbonyl (C=O) groups excluding carboxylic acids is 1. The average molecular weight is 296 g/mol. The molecular formula is C18H20N2O2. The van der Waals surface area contributed by atoms with Gasteiger partial charge in [-0.25, -0.2) is 0 Å². The van der Waals surface area contributed by atoms with Crippen molar-refractivity contribution in [3.63, 3.8) is 0 Å². The van der Waals surface area contributed by atoms with Crippen LogP contribution in [0.3, 0.4) is 0 Å². The van der Waals surface area contributed by atoms with Crippen molar-refractivity contribution in [3.05, 3.63) is 65.2 Å². The van der Waals surface area contributed by atoms with Gasteiger partial charge < -0.3 is 4.74 Å². The van der Waals surface area contributed by atoms with Crippen molar-refractivity contribution >= 4 is 11.7 Å². The zero-order valence-corrected chi connectivity index (χ0v) is 13.1. The second kappa shape index (κ2) is 7.50. The number of rotatable bonds is 5. The highest BCUT2D eigenvalue weighted by molar-refractivity contribution is 5.66. The van der Waals surface area contributed by atoms with Gasteiger partial charge in [0.25, 0.3) is 0 Å². The Bertz CT molecular complexity index is 646. The van der Waals surface area contributed by atoms with Crippen LogP contribution in [-0.4, -0.2) is 12.2 Å². The molecule has 0 spiro atoms. The van der Waals surface area contributed by atoms with E-state index in [2.05, 4.69) is 10.2 Å². The summed E-state index contributed by atoms with van der Waals surface area (Å²) in [6.07, 6.45) is -0.101. The normalized spacial score (nSPS) is 12.3. The van der Waals surface area contributed by atoms with Gasteiger partial charge in [0.1, 0.15) is 0 Å². The van der Waals surface area contributed by atoms with Crippen molar-refractivity contribution in [3.8, 4) is 0 Å². The summed E-state index contributed by atoms with van der Waals surface area (Å²) in [5, 5.41) is 8.33. The molecule has 2 aromatic rings. The van der Waals surface area contributed by atoms with Gasteiger partial charge >= 0.3 is 5.97 Å². The molecule has 114 valence electrons. The number of benzene rings is 2. The fourth-order valence-electron chi connectivity index (χ4n) is 1.97. The van der Waals surface area contributed by atoms with Crippen LogP contribution < -0.4 is 0 Å². The summed E-state index contributed by atoms with van der Waals surface area (Å²) in [4.78, 5) is 11.2. The van der Waals surface area contributed by atoms with E-state index in [1.54, 1.807) is 0 Å². The predicted molar refractivity (Wildman–Crippen MR) is 86.1 cm³/mol. The van der Waals surface area contributed by atoms with Crippen LogP contribution in [0.25, 0.3) is 0 Å². The van der Waals surface area contributed by atoms with Crippen molar-refractivity contribution < 1.29 is 9.53 Å². The van der Waals surface area contributed by atoms with Gasteiger partial charge in [-0.3, -0.25) is 4.79 Å². The van der Waals surface area contributed by atoms with E-state index in [0.717, 1.165) is 16.8 Å². The second-order valence-electron chi connectivity index (χ2n) is 5.30. The molecule has 2 aromatic carbocycles. The molecule has 0 saturated carbocycles. The third-order valence-electron chi connectivity index (χ3n) is 3.17. The minimum atomic E-state index is -0.610. The maximum atomic E-state index is 11.2. The number of esters is 1. The van der Waals surface area contributed by atoms with Crippen LogP contribution in [0.15, 0.2) is 58.8 Å². The van der Waals surface area contributed by atoms with Gasteiger partial charge in [0.05, 0.1) is 5.69 Å². The quantitative estimate of drug-likeness (QED) is 0.601. The Morgan fingerprint density at radius 2 is 1.55 bits per heavy atom. The Hall–Kier alpha value is -2.49. The first-order valence-corrected chi connectivity index (χ1v) is 7.23. The third-order valence-corrected chi connectivity index (χ3v) is 3.17. The zero-order valence-electron chi connectivity index (χ0n) is 13.1. The standard InChI is InChI=1S/C18H20N2O2/c1-13-4-8-16(9-5-13)12-18(22-15(3)21)20-19-17-10-6-14(2)7-11-17/h4-11,18H,12H2,1-3H3. The highest BCUT2D eigenvalue weighted by Crippen LogP contribution is 2.16. The molecule has 1 atom stereocenters. The summed E-state index contributed by atoms with van der Waals surface area (Å²) in [5.74, 6) is -0.361. The molecule has 0 aliphatic rings. The smallest absolute Gasteiger partial charge is 0.304 e. The largest absolute Gasteiger partial charge is 0.438 e. The van der Waals surface area contributed by atoms with Crippen molar-refractivity contribution in [2.75, 3.05) is 0 Å². The Balaban J connectivity index is 2.09. The van der Waals surface area contributed by atoms with E-state index < -0.39 is 6.23 Å². The van der Waals surface area contributed by atoms with Crippen molar-refractivity contribution in [2.24, 2.45) is 10.2 Å². The first-order valence-electron chi connectivity index (χ1n) is 7.23. The van der Waals surface area contributed by atoms with Crippen LogP contribution >= 0.6 is 0 Å². The van der Waals surface area contributed by atoms with Crippen LogP contribution in [0.5, 0.6) is 0 Å². The first-order chi connectivity index (χ1) is 10.5. The van der Waals surface area contributed by atoms with Crippen LogP contribution in [0.1, 0.15) is 23.6 Å². The Kier molecular flexibility index (Phi) is 5.42. The first kappa shape index (κ1) is 15.9.